The topological polar surface area (TPSA) is 82.0 Å². The summed E-state index contributed by atoms with van der Waals surface area (Å²) < 4.78 is 26.3. The third kappa shape index (κ3) is 4.28. The van der Waals surface area contributed by atoms with E-state index in [9.17, 15) is 8.42 Å². The van der Waals surface area contributed by atoms with Gasteiger partial charge < -0.3 is 0 Å². The molecule has 2 N–H and O–H groups in total. The molecule has 0 bridgehead atoms. The fourth-order valence-electron chi connectivity index (χ4n) is 0.658. The molecular weight excluding hydrogens is 178 g/mol. The molecule has 0 amide bonds. The summed E-state index contributed by atoms with van der Waals surface area (Å²) in [6.45, 7) is 1.82. The molecule has 6 heteroatoms. The number of nitrogens with zero attached hydrogens (tertiary/aromatic N) is 1. The van der Waals surface area contributed by atoms with Crippen LogP contribution in [0.4, 0.5) is 0 Å². The lowest BCUT2D eigenvalue weighted by Gasteiger charge is -2.12. The summed E-state index contributed by atoms with van der Waals surface area (Å²) in [5, 5.41) is 8.33. The summed E-state index contributed by atoms with van der Waals surface area (Å²) in [5.41, 5.74) is 0. The highest BCUT2D eigenvalue weighted by Gasteiger charge is 2.13. The van der Waals surface area contributed by atoms with Crippen LogP contribution in [-0.2, 0) is 10.2 Å². The first-order valence-electron chi connectivity index (χ1n) is 3.63. The van der Waals surface area contributed by atoms with Gasteiger partial charge in [0, 0.05) is 13.1 Å². The third-order valence-electron chi connectivity index (χ3n) is 1.42. The van der Waals surface area contributed by atoms with E-state index < -0.39 is 10.2 Å². The van der Waals surface area contributed by atoms with Gasteiger partial charge in [-0.3, -0.25) is 0 Å². The van der Waals surface area contributed by atoms with Crippen LogP contribution < -0.4 is 9.44 Å². The van der Waals surface area contributed by atoms with Crippen LogP contribution in [0.25, 0.3) is 0 Å². The zero-order chi connectivity index (χ0) is 9.61. The van der Waals surface area contributed by atoms with Crippen molar-refractivity contribution >= 4 is 10.2 Å². The highest BCUT2D eigenvalue weighted by molar-refractivity contribution is 7.87. The van der Waals surface area contributed by atoms with Crippen molar-refractivity contribution in [3.8, 4) is 6.07 Å². The van der Waals surface area contributed by atoms with Crippen LogP contribution in [0.15, 0.2) is 0 Å². The van der Waals surface area contributed by atoms with Gasteiger partial charge in [0.1, 0.15) is 0 Å². The Hall–Kier alpha value is -0.640. The van der Waals surface area contributed by atoms with Gasteiger partial charge in [0.2, 0.25) is 0 Å². The average molecular weight is 191 g/mol. The van der Waals surface area contributed by atoms with E-state index in [0.29, 0.717) is 6.42 Å². The molecule has 0 aliphatic carbocycles. The lowest BCUT2D eigenvalue weighted by atomic mass is 10.2. The first-order chi connectivity index (χ1) is 5.55. The Morgan fingerprint density at radius 2 is 2.17 bits per heavy atom. The maximum Gasteiger partial charge on any atom is 0.276 e. The van der Waals surface area contributed by atoms with Crippen LogP contribution in [-0.4, -0.2) is 21.5 Å². The fraction of sp³-hybridized carbons (Fsp3) is 0.833. The van der Waals surface area contributed by atoms with E-state index >= 15 is 0 Å². The summed E-state index contributed by atoms with van der Waals surface area (Å²) in [4.78, 5) is 0. The Labute approximate surface area is 73.0 Å². The second-order valence-corrected chi connectivity index (χ2v) is 3.94. The SMILES string of the molecule is CCC(CC#N)NS(=O)(=O)NC. The summed E-state index contributed by atoms with van der Waals surface area (Å²) in [6, 6.07) is 1.61. The Balaban J connectivity index is 4.13. The van der Waals surface area contributed by atoms with E-state index in [1.807, 2.05) is 13.0 Å². The molecular formula is C6H13N3O2S. The zero-order valence-electron chi connectivity index (χ0n) is 7.16. The minimum atomic E-state index is -3.40. The van der Waals surface area contributed by atoms with E-state index in [2.05, 4.69) is 9.44 Å². The minimum Gasteiger partial charge on any atom is -0.205 e. The lowest BCUT2D eigenvalue weighted by Crippen LogP contribution is -2.40. The van der Waals surface area contributed by atoms with E-state index in [-0.39, 0.29) is 12.5 Å². The molecule has 1 atom stereocenters. The molecule has 0 spiro atoms. The Morgan fingerprint density at radius 3 is 2.50 bits per heavy atom. The van der Waals surface area contributed by atoms with Crippen molar-refractivity contribution in [1.29, 1.82) is 5.26 Å². The smallest absolute Gasteiger partial charge is 0.205 e. The molecule has 1 unspecified atom stereocenters. The number of nitrogens with one attached hydrogen (secondary N) is 2. The second-order valence-electron chi connectivity index (χ2n) is 2.29. The molecule has 0 aromatic carbocycles. The average Bonchev–Trinajstić information content (AvgIpc) is 2.03. The first kappa shape index (κ1) is 11.4. The van der Waals surface area contributed by atoms with Gasteiger partial charge in [-0.05, 0) is 6.42 Å². The summed E-state index contributed by atoms with van der Waals surface area (Å²) in [7, 11) is -2.08. The van der Waals surface area contributed by atoms with Crippen LogP contribution in [0.1, 0.15) is 19.8 Å². The highest BCUT2D eigenvalue weighted by Crippen LogP contribution is 1.96. The first-order valence-corrected chi connectivity index (χ1v) is 5.11. The van der Waals surface area contributed by atoms with Crippen molar-refractivity contribution in [2.24, 2.45) is 0 Å². The molecule has 12 heavy (non-hydrogen) atoms. The Bertz CT molecular complexity index is 254. The molecule has 70 valence electrons. The molecule has 0 rings (SSSR count). The molecule has 0 heterocycles. The van der Waals surface area contributed by atoms with Gasteiger partial charge in [0.05, 0.1) is 12.5 Å². The molecule has 0 fully saturated rings. The van der Waals surface area contributed by atoms with Crippen LogP contribution in [0.5, 0.6) is 0 Å². The predicted molar refractivity (Wildman–Crippen MR) is 45.4 cm³/mol. The van der Waals surface area contributed by atoms with Gasteiger partial charge in [0.25, 0.3) is 10.2 Å². The molecule has 0 saturated carbocycles. The van der Waals surface area contributed by atoms with Crippen molar-refractivity contribution in [3.05, 3.63) is 0 Å². The van der Waals surface area contributed by atoms with Gasteiger partial charge in [-0.15, -0.1) is 0 Å². The molecule has 0 aromatic heterocycles. The van der Waals surface area contributed by atoms with Gasteiger partial charge in [0.15, 0.2) is 0 Å². The van der Waals surface area contributed by atoms with E-state index in [0.717, 1.165) is 0 Å². The van der Waals surface area contributed by atoms with E-state index in [1.165, 1.54) is 7.05 Å². The van der Waals surface area contributed by atoms with Crippen LogP contribution in [0.3, 0.4) is 0 Å². The summed E-state index contributed by atoms with van der Waals surface area (Å²) in [5.74, 6) is 0. The van der Waals surface area contributed by atoms with Crippen molar-refractivity contribution in [2.45, 2.75) is 25.8 Å². The normalized spacial score (nSPS) is 13.8. The summed E-state index contributed by atoms with van der Waals surface area (Å²) >= 11 is 0. The lowest BCUT2D eigenvalue weighted by molar-refractivity contribution is 0.536. The van der Waals surface area contributed by atoms with Gasteiger partial charge in [-0.25, -0.2) is 4.72 Å². The van der Waals surface area contributed by atoms with Gasteiger partial charge in [-0.2, -0.15) is 18.4 Å². The van der Waals surface area contributed by atoms with Crippen LogP contribution in [0, 0.1) is 11.3 Å². The highest BCUT2D eigenvalue weighted by atomic mass is 32.2. The molecule has 0 aliphatic heterocycles. The molecule has 0 aliphatic rings. The Kier molecular flexibility index (Phi) is 4.81. The second kappa shape index (κ2) is 5.09. The van der Waals surface area contributed by atoms with Crippen molar-refractivity contribution < 1.29 is 8.42 Å². The minimum absolute atomic E-state index is 0.192. The maximum absolute atomic E-state index is 10.9. The number of hydrogen-bond donors (Lipinski definition) is 2. The Morgan fingerprint density at radius 1 is 1.58 bits per heavy atom. The number of rotatable bonds is 5. The van der Waals surface area contributed by atoms with Gasteiger partial charge >= 0.3 is 0 Å². The molecule has 0 radical (unpaired) electrons. The standard InChI is InChI=1S/C6H13N3O2S/c1-3-6(4-5-7)9-12(10,11)8-2/h6,8-9H,3-4H2,1-2H3. The van der Waals surface area contributed by atoms with E-state index in [1.54, 1.807) is 0 Å². The zero-order valence-corrected chi connectivity index (χ0v) is 7.98. The molecule has 0 saturated heterocycles. The maximum atomic E-state index is 10.9. The van der Waals surface area contributed by atoms with Crippen molar-refractivity contribution in [3.63, 3.8) is 0 Å². The number of nitriles is 1. The van der Waals surface area contributed by atoms with Crippen LogP contribution >= 0.6 is 0 Å². The van der Waals surface area contributed by atoms with Crippen LogP contribution in [0.2, 0.25) is 0 Å². The van der Waals surface area contributed by atoms with Crippen molar-refractivity contribution in [1.82, 2.24) is 9.44 Å². The summed E-state index contributed by atoms with van der Waals surface area (Å²) in [6.07, 6.45) is 0.798. The molecule has 0 aromatic rings. The van der Waals surface area contributed by atoms with E-state index in [4.69, 9.17) is 5.26 Å². The molecule has 5 nitrogen and oxygen atoms in total. The fourth-order valence-corrected chi connectivity index (χ4v) is 1.46. The quantitative estimate of drug-likeness (QED) is 0.627. The number of hydrogen-bond acceptors (Lipinski definition) is 3. The monoisotopic (exact) mass is 191 g/mol. The third-order valence-corrected chi connectivity index (χ3v) is 2.60. The van der Waals surface area contributed by atoms with Gasteiger partial charge in [-0.1, -0.05) is 6.92 Å². The van der Waals surface area contributed by atoms with Crippen molar-refractivity contribution in [2.75, 3.05) is 7.05 Å². The largest absolute Gasteiger partial charge is 0.276 e. The predicted octanol–water partition coefficient (Wildman–Crippen LogP) is -0.268.